The monoisotopic (exact) mass is 430 g/mol. The Bertz CT molecular complexity index is 970. The van der Waals surface area contributed by atoms with Gasteiger partial charge >= 0.3 is 5.97 Å². The van der Waals surface area contributed by atoms with Crippen LogP contribution in [0.3, 0.4) is 0 Å². The number of benzene rings is 2. The van der Waals surface area contributed by atoms with Gasteiger partial charge in [-0.1, -0.05) is 42.8 Å². The van der Waals surface area contributed by atoms with E-state index in [-0.39, 0.29) is 11.3 Å². The molecular weight excluding hydrogens is 404 g/mol. The summed E-state index contributed by atoms with van der Waals surface area (Å²) in [5.41, 5.74) is 1.36. The minimum atomic E-state index is -3.58. The number of aryl methyl sites for hydroxylation is 1. The van der Waals surface area contributed by atoms with Crippen molar-refractivity contribution in [2.75, 3.05) is 25.0 Å². The first-order valence-electron chi connectivity index (χ1n) is 10.0. The third-order valence-electron chi connectivity index (χ3n) is 4.90. The Morgan fingerprint density at radius 3 is 2.43 bits per heavy atom. The molecule has 1 fully saturated rings. The molecule has 160 valence electrons. The van der Waals surface area contributed by atoms with E-state index in [1.54, 1.807) is 12.1 Å². The number of carbonyl (C=O) groups excluding carboxylic acids is 2. The smallest absolute Gasteiger partial charge is 0.306 e. The van der Waals surface area contributed by atoms with Crippen molar-refractivity contribution in [1.82, 2.24) is 4.31 Å². The van der Waals surface area contributed by atoms with Crippen LogP contribution < -0.4 is 5.32 Å². The molecule has 1 aliphatic heterocycles. The number of carbonyl (C=O) groups is 2. The molecule has 1 heterocycles. The van der Waals surface area contributed by atoms with Gasteiger partial charge in [0.15, 0.2) is 6.61 Å². The van der Waals surface area contributed by atoms with Gasteiger partial charge in [0.2, 0.25) is 10.0 Å². The van der Waals surface area contributed by atoms with E-state index in [1.807, 2.05) is 30.3 Å². The van der Waals surface area contributed by atoms with Crippen molar-refractivity contribution < 1.29 is 22.7 Å². The molecule has 2 aromatic rings. The van der Waals surface area contributed by atoms with Gasteiger partial charge in [-0.05, 0) is 43.0 Å². The summed E-state index contributed by atoms with van der Waals surface area (Å²) in [6.45, 7) is 0.604. The lowest BCUT2D eigenvalue weighted by Gasteiger charge is -2.26. The number of hydrogen-bond acceptors (Lipinski definition) is 5. The van der Waals surface area contributed by atoms with E-state index < -0.39 is 28.5 Å². The van der Waals surface area contributed by atoms with Crippen molar-refractivity contribution in [2.45, 2.75) is 37.0 Å². The van der Waals surface area contributed by atoms with Crippen LogP contribution in [0.4, 0.5) is 5.69 Å². The summed E-state index contributed by atoms with van der Waals surface area (Å²) in [6, 6.07) is 15.7. The normalized spacial score (nSPS) is 14.8. The first-order valence-corrected chi connectivity index (χ1v) is 11.5. The molecule has 0 unspecified atom stereocenters. The van der Waals surface area contributed by atoms with Gasteiger partial charge in [0.1, 0.15) is 0 Å². The number of hydrogen-bond donors (Lipinski definition) is 1. The third-order valence-corrected chi connectivity index (χ3v) is 6.79. The molecule has 0 spiro atoms. The zero-order valence-corrected chi connectivity index (χ0v) is 17.6. The summed E-state index contributed by atoms with van der Waals surface area (Å²) in [6.07, 6.45) is 3.46. The highest BCUT2D eigenvalue weighted by molar-refractivity contribution is 7.89. The van der Waals surface area contributed by atoms with Crippen LogP contribution in [0.2, 0.25) is 0 Å². The van der Waals surface area contributed by atoms with Gasteiger partial charge in [0.05, 0.1) is 4.90 Å². The second-order valence-corrected chi connectivity index (χ2v) is 9.12. The number of ether oxygens (including phenoxy) is 1. The fraction of sp³-hybridized carbons (Fsp3) is 0.364. The van der Waals surface area contributed by atoms with E-state index in [0.29, 0.717) is 25.2 Å². The summed E-state index contributed by atoms with van der Waals surface area (Å²) in [5.74, 6) is -0.981. The van der Waals surface area contributed by atoms with Crippen molar-refractivity contribution in [2.24, 2.45) is 0 Å². The van der Waals surface area contributed by atoms with Crippen LogP contribution in [0, 0.1) is 0 Å². The fourth-order valence-corrected chi connectivity index (χ4v) is 4.86. The predicted octanol–water partition coefficient (Wildman–Crippen LogP) is 2.98. The maximum Gasteiger partial charge on any atom is 0.306 e. The molecule has 2 aromatic carbocycles. The molecule has 0 aliphatic carbocycles. The van der Waals surface area contributed by atoms with Crippen molar-refractivity contribution in [3.63, 3.8) is 0 Å². The van der Waals surface area contributed by atoms with Crippen LogP contribution in [0.1, 0.15) is 31.2 Å². The lowest BCUT2D eigenvalue weighted by molar-refractivity contribution is -0.147. The minimum Gasteiger partial charge on any atom is -0.456 e. The Labute approximate surface area is 177 Å². The van der Waals surface area contributed by atoms with E-state index in [9.17, 15) is 18.0 Å². The molecule has 1 aliphatic rings. The van der Waals surface area contributed by atoms with Gasteiger partial charge < -0.3 is 10.1 Å². The summed E-state index contributed by atoms with van der Waals surface area (Å²) in [4.78, 5) is 24.1. The number of nitrogens with one attached hydrogen (secondary N) is 1. The van der Waals surface area contributed by atoms with E-state index in [0.717, 1.165) is 24.8 Å². The molecule has 0 atom stereocenters. The highest BCUT2D eigenvalue weighted by Gasteiger charge is 2.26. The van der Waals surface area contributed by atoms with Crippen LogP contribution in [-0.4, -0.2) is 44.3 Å². The first kappa shape index (κ1) is 22.0. The van der Waals surface area contributed by atoms with E-state index in [4.69, 9.17) is 4.74 Å². The molecular formula is C22H26N2O5S. The molecule has 1 saturated heterocycles. The Kier molecular flexibility index (Phi) is 7.59. The Hall–Kier alpha value is -2.71. The van der Waals surface area contributed by atoms with E-state index in [1.165, 1.54) is 16.4 Å². The highest BCUT2D eigenvalue weighted by atomic mass is 32.2. The van der Waals surface area contributed by atoms with Gasteiger partial charge in [0, 0.05) is 25.2 Å². The molecule has 30 heavy (non-hydrogen) atoms. The molecule has 0 saturated carbocycles. The maximum absolute atomic E-state index is 12.8. The van der Waals surface area contributed by atoms with Crippen molar-refractivity contribution >= 4 is 27.6 Å². The number of anilines is 1. The van der Waals surface area contributed by atoms with Crippen LogP contribution in [0.5, 0.6) is 0 Å². The van der Waals surface area contributed by atoms with Gasteiger partial charge in [-0.3, -0.25) is 9.59 Å². The van der Waals surface area contributed by atoms with Gasteiger partial charge in [-0.15, -0.1) is 0 Å². The quantitative estimate of drug-likeness (QED) is 0.650. The second-order valence-electron chi connectivity index (χ2n) is 7.19. The summed E-state index contributed by atoms with van der Waals surface area (Å²) in [7, 11) is -3.58. The average molecular weight is 431 g/mol. The number of sulfonamides is 1. The molecule has 1 amide bonds. The van der Waals surface area contributed by atoms with E-state index >= 15 is 0 Å². The van der Waals surface area contributed by atoms with Gasteiger partial charge in [-0.25, -0.2) is 8.42 Å². The summed E-state index contributed by atoms with van der Waals surface area (Å²) >= 11 is 0. The SMILES string of the molecule is O=C(COC(=O)CCc1ccccc1)Nc1cccc(S(=O)(=O)N2CCCCC2)c1. The predicted molar refractivity (Wildman–Crippen MR) is 113 cm³/mol. The topological polar surface area (TPSA) is 92.8 Å². The van der Waals surface area contributed by atoms with Crippen LogP contribution >= 0.6 is 0 Å². The van der Waals surface area contributed by atoms with Crippen molar-refractivity contribution in [3.8, 4) is 0 Å². The Balaban J connectivity index is 1.50. The fourth-order valence-electron chi connectivity index (χ4n) is 3.29. The van der Waals surface area contributed by atoms with E-state index in [2.05, 4.69) is 5.32 Å². The summed E-state index contributed by atoms with van der Waals surface area (Å²) in [5, 5.41) is 2.59. The van der Waals surface area contributed by atoms with Crippen molar-refractivity contribution in [1.29, 1.82) is 0 Å². The standard InChI is InChI=1S/C22H26N2O5S/c25-21(17-29-22(26)13-12-18-8-3-1-4-9-18)23-19-10-7-11-20(16-19)30(27,28)24-14-5-2-6-15-24/h1,3-4,7-11,16H,2,5-6,12-15,17H2,(H,23,25). The summed E-state index contributed by atoms with van der Waals surface area (Å²) < 4.78 is 32.0. The number of amides is 1. The largest absolute Gasteiger partial charge is 0.456 e. The minimum absolute atomic E-state index is 0.141. The Morgan fingerprint density at radius 1 is 0.967 bits per heavy atom. The number of piperidine rings is 1. The first-order chi connectivity index (χ1) is 14.4. The molecule has 1 N–H and O–H groups in total. The molecule has 0 bridgehead atoms. The number of nitrogens with zero attached hydrogens (tertiary/aromatic N) is 1. The maximum atomic E-state index is 12.8. The molecule has 0 aromatic heterocycles. The van der Waals surface area contributed by atoms with Gasteiger partial charge in [0.25, 0.3) is 5.91 Å². The van der Waals surface area contributed by atoms with Gasteiger partial charge in [-0.2, -0.15) is 4.31 Å². The van der Waals surface area contributed by atoms with Crippen LogP contribution in [0.25, 0.3) is 0 Å². The molecule has 8 heteroatoms. The zero-order valence-electron chi connectivity index (χ0n) is 16.7. The average Bonchev–Trinajstić information content (AvgIpc) is 2.78. The van der Waals surface area contributed by atoms with Crippen LogP contribution in [0.15, 0.2) is 59.5 Å². The molecule has 3 rings (SSSR count). The third kappa shape index (κ3) is 6.14. The number of esters is 1. The highest BCUT2D eigenvalue weighted by Crippen LogP contribution is 2.22. The second kappa shape index (κ2) is 10.4. The van der Waals surface area contributed by atoms with Crippen LogP contribution in [-0.2, 0) is 30.8 Å². The Morgan fingerprint density at radius 2 is 1.70 bits per heavy atom. The zero-order chi connectivity index (χ0) is 21.4. The molecule has 0 radical (unpaired) electrons. The lowest BCUT2D eigenvalue weighted by atomic mass is 10.1. The lowest BCUT2D eigenvalue weighted by Crippen LogP contribution is -2.35. The number of rotatable bonds is 8. The molecule has 7 nitrogen and oxygen atoms in total. The van der Waals surface area contributed by atoms with Crippen molar-refractivity contribution in [3.05, 3.63) is 60.2 Å².